The minimum Gasteiger partial charge on any atom is -0.352 e. The molecule has 0 aliphatic carbocycles. The molecule has 0 saturated carbocycles. The van der Waals surface area contributed by atoms with Gasteiger partial charge in [0.2, 0.25) is 5.91 Å². The number of hydrogen-bond acceptors (Lipinski definition) is 8. The van der Waals surface area contributed by atoms with Crippen molar-refractivity contribution in [1.29, 1.82) is 5.41 Å². The molecule has 3 N–H and O–H groups in total. The van der Waals surface area contributed by atoms with Crippen molar-refractivity contribution >= 4 is 23.4 Å². The van der Waals surface area contributed by atoms with E-state index in [1.54, 1.807) is 23.0 Å². The number of hydrogen-bond donors (Lipinski definition) is 3. The van der Waals surface area contributed by atoms with Gasteiger partial charge < -0.3 is 10.6 Å². The molecule has 3 aromatic rings. The summed E-state index contributed by atoms with van der Waals surface area (Å²) in [5.41, 5.74) is 2.55. The SMILES string of the molecule is CC(C)c1nonc1C(=O)NCc1cn2ncc(CNC(=O)CCCC(=N)F)cc2n1. The summed E-state index contributed by atoms with van der Waals surface area (Å²) < 4.78 is 18.6. The minimum atomic E-state index is -0.924. The van der Waals surface area contributed by atoms with Crippen LogP contribution in [0.2, 0.25) is 0 Å². The first-order valence-corrected chi connectivity index (χ1v) is 9.77. The molecule has 0 saturated heterocycles. The molecule has 12 heteroatoms. The predicted molar refractivity (Wildman–Crippen MR) is 107 cm³/mol. The highest BCUT2D eigenvalue weighted by atomic mass is 19.1. The molecule has 0 fully saturated rings. The van der Waals surface area contributed by atoms with Crippen molar-refractivity contribution < 1.29 is 18.6 Å². The molecule has 3 rings (SSSR count). The molecule has 164 valence electrons. The molecular weight excluding hydrogens is 407 g/mol. The Kier molecular flexibility index (Phi) is 7.00. The third-order valence-electron chi connectivity index (χ3n) is 4.42. The Bertz CT molecular complexity index is 1090. The van der Waals surface area contributed by atoms with E-state index in [9.17, 15) is 14.0 Å². The lowest BCUT2D eigenvalue weighted by Crippen LogP contribution is -2.24. The first-order valence-electron chi connectivity index (χ1n) is 9.77. The zero-order chi connectivity index (χ0) is 22.4. The van der Waals surface area contributed by atoms with E-state index in [2.05, 4.69) is 35.7 Å². The lowest BCUT2D eigenvalue weighted by atomic mass is 10.1. The van der Waals surface area contributed by atoms with Crippen LogP contribution in [-0.2, 0) is 17.9 Å². The molecule has 0 unspecified atom stereocenters. The molecular formula is C19H23FN8O3. The summed E-state index contributed by atoms with van der Waals surface area (Å²) in [4.78, 5) is 28.5. The molecule has 0 spiro atoms. The predicted octanol–water partition coefficient (Wildman–Crippen LogP) is 1.90. The van der Waals surface area contributed by atoms with Crippen LogP contribution < -0.4 is 10.6 Å². The van der Waals surface area contributed by atoms with E-state index in [1.165, 1.54) is 0 Å². The normalized spacial score (nSPS) is 11.1. The summed E-state index contributed by atoms with van der Waals surface area (Å²) in [6, 6.07) is 1.77. The number of imidazole rings is 1. The Balaban J connectivity index is 1.55. The van der Waals surface area contributed by atoms with Crippen molar-refractivity contribution in [3.63, 3.8) is 0 Å². The number of halogens is 1. The molecule has 0 aliphatic rings. The van der Waals surface area contributed by atoms with E-state index in [-0.39, 0.29) is 49.9 Å². The van der Waals surface area contributed by atoms with Crippen LogP contribution in [0.1, 0.15) is 66.5 Å². The maximum atomic E-state index is 12.4. The summed E-state index contributed by atoms with van der Waals surface area (Å²) in [5.74, 6) is -1.55. The van der Waals surface area contributed by atoms with Gasteiger partial charge in [-0.1, -0.05) is 19.0 Å². The summed E-state index contributed by atoms with van der Waals surface area (Å²) in [6.07, 6.45) is 3.69. The fourth-order valence-corrected chi connectivity index (χ4v) is 2.83. The maximum Gasteiger partial charge on any atom is 0.275 e. The smallest absolute Gasteiger partial charge is 0.275 e. The number of fused-ring (bicyclic) bond motifs is 1. The van der Waals surface area contributed by atoms with E-state index in [4.69, 9.17) is 5.41 Å². The lowest BCUT2D eigenvalue weighted by Gasteiger charge is -2.04. The third-order valence-corrected chi connectivity index (χ3v) is 4.42. The number of amides is 2. The Morgan fingerprint density at radius 2 is 2.03 bits per heavy atom. The van der Waals surface area contributed by atoms with Gasteiger partial charge in [-0.15, -0.1) is 0 Å². The average molecular weight is 430 g/mol. The van der Waals surface area contributed by atoms with Gasteiger partial charge in [-0.2, -0.15) is 9.49 Å². The lowest BCUT2D eigenvalue weighted by molar-refractivity contribution is -0.121. The van der Waals surface area contributed by atoms with Crippen LogP contribution in [0.25, 0.3) is 5.65 Å². The van der Waals surface area contributed by atoms with Crippen LogP contribution in [0.5, 0.6) is 0 Å². The van der Waals surface area contributed by atoms with Crippen molar-refractivity contribution in [2.75, 3.05) is 0 Å². The Hall–Kier alpha value is -3.70. The largest absolute Gasteiger partial charge is 0.352 e. The summed E-state index contributed by atoms with van der Waals surface area (Å²) in [5, 5.41) is 23.9. The van der Waals surface area contributed by atoms with Gasteiger partial charge in [0.25, 0.3) is 5.91 Å². The third kappa shape index (κ3) is 5.90. The van der Waals surface area contributed by atoms with Crippen LogP contribution >= 0.6 is 0 Å². The second-order valence-electron chi connectivity index (χ2n) is 7.27. The number of rotatable bonds is 10. The quantitative estimate of drug-likeness (QED) is 0.416. The summed E-state index contributed by atoms with van der Waals surface area (Å²) >= 11 is 0. The second-order valence-corrected chi connectivity index (χ2v) is 7.27. The van der Waals surface area contributed by atoms with Gasteiger partial charge in [0, 0.05) is 25.3 Å². The van der Waals surface area contributed by atoms with E-state index < -0.39 is 11.9 Å². The average Bonchev–Trinajstić information content (AvgIpc) is 3.36. The summed E-state index contributed by atoms with van der Waals surface area (Å²) in [7, 11) is 0. The standard InChI is InChI=1S/C19H23FN8O3/c1-11(2)17-18(27-31-26-17)19(30)23-9-13-10-28-15(25-13)6-12(8-24-28)7-22-16(29)5-3-4-14(20)21/h6,8,10-11,21H,3-5,7,9H2,1-2H3,(H,22,29)(H,23,30). The van der Waals surface area contributed by atoms with Crippen LogP contribution in [0.3, 0.4) is 0 Å². The molecule has 0 aliphatic heterocycles. The molecule has 3 aromatic heterocycles. The van der Waals surface area contributed by atoms with Crippen molar-refractivity contribution in [3.8, 4) is 0 Å². The van der Waals surface area contributed by atoms with Crippen LogP contribution in [0, 0.1) is 5.41 Å². The molecule has 3 heterocycles. The molecule has 11 nitrogen and oxygen atoms in total. The van der Waals surface area contributed by atoms with Gasteiger partial charge >= 0.3 is 0 Å². The van der Waals surface area contributed by atoms with Crippen molar-refractivity contribution in [1.82, 2.24) is 35.5 Å². The maximum absolute atomic E-state index is 12.4. The zero-order valence-corrected chi connectivity index (χ0v) is 17.2. The first-order chi connectivity index (χ1) is 14.8. The number of carbonyl (C=O) groups is 2. The number of aromatic nitrogens is 5. The minimum absolute atomic E-state index is 0.00229. The Morgan fingerprint density at radius 1 is 1.23 bits per heavy atom. The zero-order valence-electron chi connectivity index (χ0n) is 17.2. The number of carbonyl (C=O) groups excluding carboxylic acids is 2. The van der Waals surface area contributed by atoms with Gasteiger partial charge in [0.15, 0.2) is 17.3 Å². The second kappa shape index (κ2) is 9.87. The first kappa shape index (κ1) is 22.0. The Morgan fingerprint density at radius 3 is 2.77 bits per heavy atom. The van der Waals surface area contributed by atoms with Gasteiger partial charge in [0.1, 0.15) is 5.69 Å². The van der Waals surface area contributed by atoms with Crippen molar-refractivity contribution in [2.45, 2.75) is 52.1 Å². The number of nitrogens with zero attached hydrogens (tertiary/aromatic N) is 5. The molecule has 0 radical (unpaired) electrons. The van der Waals surface area contributed by atoms with E-state index in [0.717, 1.165) is 5.56 Å². The highest BCUT2D eigenvalue weighted by Gasteiger charge is 2.20. The monoisotopic (exact) mass is 430 g/mol. The molecule has 0 bridgehead atoms. The fraction of sp³-hybridized carbons (Fsp3) is 0.421. The van der Waals surface area contributed by atoms with E-state index >= 15 is 0 Å². The molecule has 31 heavy (non-hydrogen) atoms. The van der Waals surface area contributed by atoms with Gasteiger partial charge in [-0.25, -0.2) is 14.1 Å². The fourth-order valence-electron chi connectivity index (χ4n) is 2.83. The van der Waals surface area contributed by atoms with Crippen LogP contribution in [-0.4, -0.2) is 42.7 Å². The van der Waals surface area contributed by atoms with E-state index in [1.807, 2.05) is 13.8 Å². The number of nitrogens with one attached hydrogen (secondary N) is 3. The molecule has 2 amide bonds. The van der Waals surface area contributed by atoms with Gasteiger partial charge in [-0.3, -0.25) is 15.0 Å². The molecule has 0 aromatic carbocycles. The van der Waals surface area contributed by atoms with Crippen LogP contribution in [0.15, 0.2) is 23.1 Å². The highest BCUT2D eigenvalue weighted by Crippen LogP contribution is 2.15. The van der Waals surface area contributed by atoms with Gasteiger partial charge in [-0.05, 0) is 23.2 Å². The molecule has 0 atom stereocenters. The van der Waals surface area contributed by atoms with Crippen molar-refractivity contribution in [3.05, 3.63) is 41.1 Å². The van der Waals surface area contributed by atoms with E-state index in [0.29, 0.717) is 17.0 Å². The van der Waals surface area contributed by atoms with Crippen LogP contribution in [0.4, 0.5) is 4.39 Å². The topological polar surface area (TPSA) is 151 Å². The highest BCUT2D eigenvalue weighted by molar-refractivity contribution is 5.93. The Labute approximate surface area is 176 Å². The van der Waals surface area contributed by atoms with Gasteiger partial charge in [0.05, 0.1) is 24.6 Å². The summed E-state index contributed by atoms with van der Waals surface area (Å²) in [6.45, 7) is 4.20. The van der Waals surface area contributed by atoms with Crippen molar-refractivity contribution in [2.24, 2.45) is 0 Å².